The average molecular weight is 357 g/mol. The van der Waals surface area contributed by atoms with Crippen LogP contribution in [0.2, 0.25) is 0 Å². The molecule has 26 heavy (non-hydrogen) atoms. The zero-order chi connectivity index (χ0) is 19.1. The van der Waals surface area contributed by atoms with Gasteiger partial charge in [0.15, 0.2) is 0 Å². The van der Waals surface area contributed by atoms with Gasteiger partial charge in [-0.05, 0) is 61.7 Å². The molecule has 0 saturated carbocycles. The summed E-state index contributed by atoms with van der Waals surface area (Å²) in [7, 11) is 0. The van der Waals surface area contributed by atoms with Crippen molar-refractivity contribution in [1.82, 2.24) is 5.32 Å². The van der Waals surface area contributed by atoms with Crippen LogP contribution in [0.5, 0.6) is 0 Å². The molecule has 0 spiro atoms. The molecule has 0 saturated heterocycles. The zero-order valence-corrected chi connectivity index (χ0v) is 15.2. The number of amides is 2. The van der Waals surface area contributed by atoms with Gasteiger partial charge in [0.25, 0.3) is 0 Å². The Labute approximate surface area is 153 Å². The molecule has 0 aliphatic heterocycles. The minimum Gasteiger partial charge on any atom is -0.374 e. The maximum Gasteiger partial charge on any atom is 0.242 e. The van der Waals surface area contributed by atoms with Crippen LogP contribution in [0.15, 0.2) is 42.5 Å². The Morgan fingerprint density at radius 2 is 1.81 bits per heavy atom. The molecule has 0 radical (unpaired) electrons. The molecule has 2 aromatic rings. The summed E-state index contributed by atoms with van der Waals surface area (Å²) < 4.78 is 12.9. The molecular weight excluding hydrogens is 333 g/mol. The fraction of sp³-hybridized carbons (Fsp3) is 0.300. The van der Waals surface area contributed by atoms with Gasteiger partial charge in [-0.2, -0.15) is 0 Å². The minimum absolute atomic E-state index is 0.115. The van der Waals surface area contributed by atoms with Crippen LogP contribution in [0.4, 0.5) is 15.8 Å². The first-order chi connectivity index (χ1) is 12.3. The van der Waals surface area contributed by atoms with Crippen molar-refractivity contribution >= 4 is 23.2 Å². The smallest absolute Gasteiger partial charge is 0.242 e. The first-order valence-electron chi connectivity index (χ1n) is 8.52. The molecule has 0 fully saturated rings. The number of hydrogen-bond donors (Lipinski definition) is 3. The summed E-state index contributed by atoms with van der Waals surface area (Å²) in [5.74, 6) is -0.506. The van der Waals surface area contributed by atoms with Gasteiger partial charge in [-0.1, -0.05) is 12.1 Å². The summed E-state index contributed by atoms with van der Waals surface area (Å²) in [6.07, 6.45) is 0.642. The Morgan fingerprint density at radius 1 is 1.12 bits per heavy atom. The average Bonchev–Trinajstić information content (AvgIpc) is 2.58. The third-order valence-electron chi connectivity index (χ3n) is 3.94. The van der Waals surface area contributed by atoms with Gasteiger partial charge in [0, 0.05) is 24.8 Å². The van der Waals surface area contributed by atoms with Gasteiger partial charge in [-0.15, -0.1) is 0 Å². The van der Waals surface area contributed by atoms with Gasteiger partial charge >= 0.3 is 0 Å². The molecule has 1 atom stereocenters. The Hall–Kier alpha value is -2.89. The molecule has 0 aliphatic rings. The van der Waals surface area contributed by atoms with Crippen molar-refractivity contribution < 1.29 is 14.0 Å². The lowest BCUT2D eigenvalue weighted by molar-refractivity contribution is -0.121. The maximum absolute atomic E-state index is 12.9. The number of halogens is 1. The molecule has 5 nitrogen and oxygen atoms in total. The lowest BCUT2D eigenvalue weighted by Gasteiger charge is -2.17. The molecule has 1 unspecified atom stereocenters. The first-order valence-corrected chi connectivity index (χ1v) is 8.52. The summed E-state index contributed by atoms with van der Waals surface area (Å²) >= 11 is 0. The second-order valence-electron chi connectivity index (χ2n) is 6.24. The van der Waals surface area contributed by atoms with Crippen molar-refractivity contribution in [2.24, 2.45) is 0 Å². The highest BCUT2D eigenvalue weighted by molar-refractivity contribution is 5.90. The quantitative estimate of drug-likeness (QED) is 0.712. The third-order valence-corrected chi connectivity index (χ3v) is 3.94. The van der Waals surface area contributed by atoms with Gasteiger partial charge in [-0.25, -0.2) is 4.39 Å². The van der Waals surface area contributed by atoms with Crippen molar-refractivity contribution in [3.05, 3.63) is 59.4 Å². The van der Waals surface area contributed by atoms with E-state index in [1.54, 1.807) is 25.1 Å². The van der Waals surface area contributed by atoms with E-state index in [4.69, 9.17) is 0 Å². The number of carbonyl (C=O) groups excluding carboxylic acids is 2. The maximum atomic E-state index is 12.9. The normalized spacial score (nSPS) is 11.5. The molecule has 2 rings (SSSR count). The summed E-state index contributed by atoms with van der Waals surface area (Å²) in [5, 5.41) is 8.76. The Kier molecular flexibility index (Phi) is 6.72. The van der Waals surface area contributed by atoms with Crippen molar-refractivity contribution in [3.63, 3.8) is 0 Å². The molecular formula is C20H24FN3O2. The van der Waals surface area contributed by atoms with Crippen LogP contribution < -0.4 is 16.0 Å². The molecule has 0 heterocycles. The van der Waals surface area contributed by atoms with E-state index in [-0.39, 0.29) is 17.6 Å². The Morgan fingerprint density at radius 3 is 2.42 bits per heavy atom. The van der Waals surface area contributed by atoms with Crippen molar-refractivity contribution in [2.75, 3.05) is 17.2 Å². The van der Waals surface area contributed by atoms with Gasteiger partial charge in [0.1, 0.15) is 11.9 Å². The van der Waals surface area contributed by atoms with Crippen LogP contribution in [0.1, 0.15) is 25.0 Å². The number of aryl methyl sites for hydroxylation is 1. The highest BCUT2D eigenvalue weighted by atomic mass is 19.1. The van der Waals surface area contributed by atoms with E-state index < -0.39 is 6.04 Å². The fourth-order valence-electron chi connectivity index (χ4n) is 2.53. The van der Waals surface area contributed by atoms with E-state index in [0.29, 0.717) is 13.0 Å². The van der Waals surface area contributed by atoms with E-state index in [1.165, 1.54) is 19.1 Å². The van der Waals surface area contributed by atoms with Gasteiger partial charge in [0.2, 0.25) is 11.8 Å². The fourth-order valence-corrected chi connectivity index (χ4v) is 2.53. The molecule has 6 heteroatoms. The molecule has 138 valence electrons. The van der Waals surface area contributed by atoms with Gasteiger partial charge < -0.3 is 16.0 Å². The second-order valence-corrected chi connectivity index (χ2v) is 6.24. The van der Waals surface area contributed by atoms with Crippen LogP contribution in [0.25, 0.3) is 0 Å². The Bertz CT molecular complexity index is 775. The predicted octanol–water partition coefficient (Wildman–Crippen LogP) is 3.25. The summed E-state index contributed by atoms with van der Waals surface area (Å²) in [4.78, 5) is 23.3. The summed E-state index contributed by atoms with van der Waals surface area (Å²) in [6, 6.07) is 11.3. The van der Waals surface area contributed by atoms with Crippen molar-refractivity contribution in [2.45, 2.75) is 33.2 Å². The van der Waals surface area contributed by atoms with E-state index in [1.807, 2.05) is 19.1 Å². The lowest BCUT2D eigenvalue weighted by Crippen LogP contribution is -2.38. The predicted molar refractivity (Wildman–Crippen MR) is 102 cm³/mol. The third kappa shape index (κ3) is 5.88. The number of nitrogens with one attached hydrogen (secondary N) is 3. The molecule has 2 amide bonds. The van der Waals surface area contributed by atoms with E-state index >= 15 is 0 Å². The number of carbonyl (C=O) groups is 2. The van der Waals surface area contributed by atoms with Crippen LogP contribution in [-0.4, -0.2) is 24.4 Å². The second kappa shape index (κ2) is 8.99. The van der Waals surface area contributed by atoms with E-state index in [9.17, 15) is 14.0 Å². The molecule has 2 aromatic carbocycles. The van der Waals surface area contributed by atoms with Crippen LogP contribution in [-0.2, 0) is 16.0 Å². The molecule has 0 bridgehead atoms. The van der Waals surface area contributed by atoms with Crippen molar-refractivity contribution in [3.8, 4) is 0 Å². The summed E-state index contributed by atoms with van der Waals surface area (Å²) in [5.41, 5.74) is 3.43. The first kappa shape index (κ1) is 19.4. The minimum atomic E-state index is -0.408. The van der Waals surface area contributed by atoms with Crippen LogP contribution in [0, 0.1) is 12.7 Å². The molecule has 3 N–H and O–H groups in total. The highest BCUT2D eigenvalue weighted by Crippen LogP contribution is 2.20. The lowest BCUT2D eigenvalue weighted by atomic mass is 10.1. The SMILES string of the molecule is CC(=O)Nc1ccc(NC(C)C(=O)NCCc2ccc(F)cc2)cc1C. The number of anilines is 2. The van der Waals surface area contributed by atoms with Crippen LogP contribution in [0.3, 0.4) is 0 Å². The van der Waals surface area contributed by atoms with E-state index in [2.05, 4.69) is 16.0 Å². The molecule has 0 aliphatic carbocycles. The van der Waals surface area contributed by atoms with E-state index in [0.717, 1.165) is 22.5 Å². The monoisotopic (exact) mass is 357 g/mol. The number of hydrogen-bond acceptors (Lipinski definition) is 3. The topological polar surface area (TPSA) is 70.2 Å². The largest absolute Gasteiger partial charge is 0.374 e. The summed E-state index contributed by atoms with van der Waals surface area (Å²) in [6.45, 7) is 5.62. The standard InChI is InChI=1S/C20H24FN3O2/c1-13-12-18(8-9-19(13)24-15(3)25)23-14(2)20(26)22-11-10-16-4-6-17(21)7-5-16/h4-9,12,14,23H,10-11H2,1-3H3,(H,22,26)(H,24,25). The number of rotatable bonds is 7. The van der Waals surface area contributed by atoms with Crippen LogP contribution >= 0.6 is 0 Å². The van der Waals surface area contributed by atoms with Crippen molar-refractivity contribution in [1.29, 1.82) is 0 Å². The highest BCUT2D eigenvalue weighted by Gasteiger charge is 2.12. The Balaban J connectivity index is 1.83. The number of benzene rings is 2. The van der Waals surface area contributed by atoms with Gasteiger partial charge in [0.05, 0.1) is 0 Å². The van der Waals surface area contributed by atoms with Gasteiger partial charge in [-0.3, -0.25) is 9.59 Å². The molecule has 0 aromatic heterocycles. The zero-order valence-electron chi connectivity index (χ0n) is 15.2.